The summed E-state index contributed by atoms with van der Waals surface area (Å²) < 4.78 is 2.54. The number of aromatic nitrogens is 1. The highest BCUT2D eigenvalue weighted by atomic mass is 15.0. The minimum absolute atomic E-state index is 0.00619. The van der Waals surface area contributed by atoms with Crippen molar-refractivity contribution in [3.63, 3.8) is 0 Å². The van der Waals surface area contributed by atoms with E-state index in [0.717, 1.165) is 42.1 Å². The van der Waals surface area contributed by atoms with Gasteiger partial charge in [-0.15, -0.1) is 0 Å². The zero-order valence-corrected chi connectivity index (χ0v) is 28.8. The van der Waals surface area contributed by atoms with Gasteiger partial charge in [0.25, 0.3) is 0 Å². The first kappa shape index (κ1) is 29.8. The Morgan fingerprint density at radius 2 is 1.59 bits per heavy atom. The summed E-state index contributed by atoms with van der Waals surface area (Å²) in [6, 6.07) is 33.4. The summed E-state index contributed by atoms with van der Waals surface area (Å²) in [7, 11) is 0. The van der Waals surface area contributed by atoms with E-state index in [1.807, 2.05) is 0 Å². The second-order valence-electron chi connectivity index (χ2n) is 14.9. The maximum atomic E-state index is 5.15. The summed E-state index contributed by atoms with van der Waals surface area (Å²) in [4.78, 5) is 10.3. The molecule has 0 fully saturated rings. The van der Waals surface area contributed by atoms with E-state index in [9.17, 15) is 0 Å². The van der Waals surface area contributed by atoms with Gasteiger partial charge in [0.05, 0.1) is 17.8 Å². The summed E-state index contributed by atoms with van der Waals surface area (Å²) in [5.41, 5.74) is 16.8. The van der Waals surface area contributed by atoms with E-state index >= 15 is 0 Å². The lowest BCUT2D eigenvalue weighted by Gasteiger charge is -2.26. The lowest BCUT2D eigenvalue weighted by molar-refractivity contribution is 0.608. The van der Waals surface area contributed by atoms with Crippen molar-refractivity contribution in [2.75, 3.05) is 0 Å². The number of hydrogen-bond donors (Lipinski definition) is 0. The smallest absolute Gasteiger partial charge is 0.155 e. The molecule has 0 unspecified atom stereocenters. The molecular formula is C46H41N3. The summed E-state index contributed by atoms with van der Waals surface area (Å²) >= 11 is 0. The Balaban J connectivity index is 1.28. The monoisotopic (exact) mass is 635 g/mol. The minimum atomic E-state index is -0.135. The number of amidine groups is 1. The number of allylic oxidation sites excluding steroid dienone is 8. The fourth-order valence-corrected chi connectivity index (χ4v) is 8.77. The Kier molecular flexibility index (Phi) is 6.78. The molecule has 0 aliphatic heterocycles. The standard InChI is InChI=1S/C46H41N3/c1-45(2)38-24-13-11-22-34(38)36-27-37-41(28-40(36)45)49(43-35-23-12-14-25-39(35)46(3,4)42(37)43)33-21-15-18-31(26-33)44(48-32-19-9-6-10-20-32)47-29-30-16-7-5-8-17-30/h5-12,14-19,21-23,25-28H,13,20,24,29H2,1-4H3. The molecule has 9 rings (SSSR count). The first-order chi connectivity index (χ1) is 23.8. The third-order valence-corrected chi connectivity index (χ3v) is 11.2. The second kappa shape index (κ2) is 11.1. The molecule has 49 heavy (non-hydrogen) atoms. The molecule has 3 heteroatoms. The summed E-state index contributed by atoms with van der Waals surface area (Å²) in [6.45, 7) is 10.2. The van der Waals surface area contributed by atoms with Crippen LogP contribution in [0.5, 0.6) is 0 Å². The summed E-state index contributed by atoms with van der Waals surface area (Å²) in [5, 5.41) is 1.35. The van der Waals surface area contributed by atoms with Crippen molar-refractivity contribution >= 4 is 28.0 Å². The molecule has 0 atom stereocenters. The van der Waals surface area contributed by atoms with E-state index in [4.69, 9.17) is 9.98 Å². The highest BCUT2D eigenvalue weighted by Gasteiger charge is 2.43. The fourth-order valence-electron chi connectivity index (χ4n) is 8.77. The maximum absolute atomic E-state index is 5.15. The molecule has 0 saturated carbocycles. The second-order valence-corrected chi connectivity index (χ2v) is 14.9. The van der Waals surface area contributed by atoms with Crippen LogP contribution in [0.4, 0.5) is 0 Å². The van der Waals surface area contributed by atoms with Gasteiger partial charge in [0.2, 0.25) is 0 Å². The van der Waals surface area contributed by atoms with Crippen molar-refractivity contribution in [3.8, 4) is 16.9 Å². The van der Waals surface area contributed by atoms with Crippen LogP contribution in [0.2, 0.25) is 0 Å². The molecular weight excluding hydrogens is 595 g/mol. The molecule has 4 aliphatic rings. The molecule has 4 aromatic carbocycles. The Morgan fingerprint density at radius 1 is 0.755 bits per heavy atom. The third kappa shape index (κ3) is 4.63. The summed E-state index contributed by atoms with van der Waals surface area (Å²) in [6.07, 6.45) is 16.2. The van der Waals surface area contributed by atoms with Crippen LogP contribution in [0.1, 0.15) is 80.3 Å². The molecule has 1 aromatic heterocycles. The molecule has 0 spiro atoms. The lowest BCUT2D eigenvalue weighted by atomic mass is 9.78. The number of aliphatic imine (C=N–C) groups is 2. The molecule has 4 aliphatic carbocycles. The Bertz CT molecular complexity index is 2370. The number of hydrogen-bond acceptors (Lipinski definition) is 1. The van der Waals surface area contributed by atoms with Gasteiger partial charge in [-0.3, -0.25) is 4.99 Å². The van der Waals surface area contributed by atoms with E-state index in [1.165, 1.54) is 55.6 Å². The van der Waals surface area contributed by atoms with Gasteiger partial charge in [-0.1, -0.05) is 130 Å². The Morgan fingerprint density at radius 3 is 2.43 bits per heavy atom. The molecule has 0 N–H and O–H groups in total. The van der Waals surface area contributed by atoms with Crippen LogP contribution in [0.3, 0.4) is 0 Å². The van der Waals surface area contributed by atoms with Gasteiger partial charge in [0, 0.05) is 45.2 Å². The zero-order valence-electron chi connectivity index (χ0n) is 28.8. The lowest BCUT2D eigenvalue weighted by Crippen LogP contribution is -2.18. The van der Waals surface area contributed by atoms with Gasteiger partial charge in [-0.05, 0) is 76.6 Å². The predicted octanol–water partition coefficient (Wildman–Crippen LogP) is 11.2. The van der Waals surface area contributed by atoms with E-state index in [0.29, 0.717) is 6.54 Å². The fraction of sp³-hybridized carbons (Fsp3) is 0.217. The van der Waals surface area contributed by atoms with Crippen molar-refractivity contribution in [2.24, 2.45) is 9.98 Å². The zero-order chi connectivity index (χ0) is 33.3. The van der Waals surface area contributed by atoms with Gasteiger partial charge >= 0.3 is 0 Å². The van der Waals surface area contributed by atoms with E-state index < -0.39 is 0 Å². The molecule has 240 valence electrons. The van der Waals surface area contributed by atoms with Crippen LogP contribution in [-0.4, -0.2) is 16.1 Å². The SMILES string of the molecule is CC1(C)C2=C(C=CCC2)c2cc3c4c(n(-c5cccc(C(N=C6C=CC=CC6)=NCc6ccccc6)c5)c3cc21)-c1ccccc1C4(C)C. The molecule has 5 aromatic rings. The van der Waals surface area contributed by atoms with Crippen LogP contribution in [-0.2, 0) is 17.4 Å². The van der Waals surface area contributed by atoms with Gasteiger partial charge in [-0.2, -0.15) is 0 Å². The topological polar surface area (TPSA) is 29.6 Å². The van der Waals surface area contributed by atoms with Gasteiger partial charge in [-0.25, -0.2) is 4.99 Å². The van der Waals surface area contributed by atoms with Gasteiger partial charge in [0.15, 0.2) is 5.84 Å². The highest BCUT2D eigenvalue weighted by molar-refractivity contribution is 6.11. The minimum Gasteiger partial charge on any atom is -0.309 e. The maximum Gasteiger partial charge on any atom is 0.155 e. The Hall–Kier alpha value is -5.28. The average molecular weight is 636 g/mol. The number of benzene rings is 4. The number of fused-ring (bicyclic) bond motifs is 7. The Labute approximate surface area is 289 Å². The van der Waals surface area contributed by atoms with Crippen molar-refractivity contribution in [3.05, 3.63) is 166 Å². The first-order valence-electron chi connectivity index (χ1n) is 17.7. The molecule has 0 saturated heterocycles. The largest absolute Gasteiger partial charge is 0.309 e. The van der Waals surface area contributed by atoms with E-state index in [2.05, 4.69) is 160 Å². The van der Waals surface area contributed by atoms with Gasteiger partial charge in [0.1, 0.15) is 0 Å². The molecule has 0 amide bonds. The summed E-state index contributed by atoms with van der Waals surface area (Å²) in [5.74, 6) is 0.764. The molecule has 0 radical (unpaired) electrons. The normalized spacial score (nSPS) is 19.0. The molecule has 0 bridgehead atoms. The number of nitrogens with zero attached hydrogens (tertiary/aromatic N) is 3. The van der Waals surface area contributed by atoms with Crippen molar-refractivity contribution in [2.45, 2.75) is 64.3 Å². The van der Waals surface area contributed by atoms with Crippen molar-refractivity contribution in [1.29, 1.82) is 0 Å². The van der Waals surface area contributed by atoms with Crippen LogP contribution >= 0.6 is 0 Å². The van der Waals surface area contributed by atoms with Crippen LogP contribution in [0.25, 0.3) is 33.4 Å². The number of rotatable bonds is 4. The molecule has 1 heterocycles. The van der Waals surface area contributed by atoms with Crippen LogP contribution in [0, 0.1) is 0 Å². The average Bonchev–Trinajstić information content (AvgIpc) is 3.68. The van der Waals surface area contributed by atoms with Crippen molar-refractivity contribution in [1.82, 2.24) is 4.57 Å². The quantitative estimate of drug-likeness (QED) is 0.139. The van der Waals surface area contributed by atoms with Gasteiger partial charge < -0.3 is 4.57 Å². The van der Waals surface area contributed by atoms with Crippen molar-refractivity contribution < 1.29 is 0 Å². The van der Waals surface area contributed by atoms with E-state index in [-0.39, 0.29) is 10.8 Å². The predicted molar refractivity (Wildman–Crippen MR) is 206 cm³/mol. The van der Waals surface area contributed by atoms with Crippen LogP contribution in [0.15, 0.2) is 143 Å². The highest BCUT2D eigenvalue weighted by Crippen LogP contribution is 2.57. The molecule has 3 nitrogen and oxygen atoms in total. The third-order valence-electron chi connectivity index (χ3n) is 11.2. The van der Waals surface area contributed by atoms with E-state index in [1.54, 1.807) is 5.57 Å². The van der Waals surface area contributed by atoms with Crippen LogP contribution < -0.4 is 0 Å². The first-order valence-corrected chi connectivity index (χ1v) is 17.7.